The number of aliphatic hydroxyl groups is 1. The van der Waals surface area contributed by atoms with Gasteiger partial charge in [0.15, 0.2) is 5.66 Å². The Kier molecular flexibility index (Phi) is 3.71. The Morgan fingerprint density at radius 3 is 2.91 bits per heavy atom. The summed E-state index contributed by atoms with van der Waals surface area (Å²) in [5.74, 6) is -0.0432. The first-order valence-electron chi connectivity index (χ1n) is 6.54. The van der Waals surface area contributed by atoms with Crippen LogP contribution in [0.15, 0.2) is 29.5 Å². The molecule has 0 aliphatic carbocycles. The molecule has 0 unspecified atom stereocenters. The van der Waals surface area contributed by atoms with Gasteiger partial charge in [0.2, 0.25) is 5.96 Å². The number of nitrogens with zero attached hydrogens (tertiary/aromatic N) is 2. The van der Waals surface area contributed by atoms with Crippen LogP contribution in [0, 0.1) is 0 Å². The Balaban J connectivity index is 2.00. The predicted octanol–water partition coefficient (Wildman–Crippen LogP) is -0.196. The van der Waals surface area contributed by atoms with E-state index in [4.69, 9.17) is 34.8 Å². The zero-order valence-electron chi connectivity index (χ0n) is 11.3. The highest BCUT2D eigenvalue weighted by Crippen LogP contribution is 2.35. The number of hydrogen-bond acceptors (Lipinski definition) is 4. The van der Waals surface area contributed by atoms with Gasteiger partial charge in [0.05, 0.1) is 24.5 Å². The lowest BCUT2D eigenvalue weighted by atomic mass is 9.92. The van der Waals surface area contributed by atoms with Crippen LogP contribution in [-0.4, -0.2) is 56.6 Å². The smallest absolute Gasteiger partial charge is 0.300 e. The fraction of sp³-hybridized carbons (Fsp3) is 0.500. The van der Waals surface area contributed by atoms with Gasteiger partial charge in [0, 0.05) is 6.54 Å². The second-order valence-corrected chi connectivity index (χ2v) is 7.52. The fourth-order valence-corrected chi connectivity index (χ4v) is 3.14. The highest BCUT2D eigenvalue weighted by molar-refractivity contribution is 6.76. The van der Waals surface area contributed by atoms with Crippen LogP contribution < -0.4 is 16.0 Å². The Hall–Kier alpha value is -1.15. The van der Waals surface area contributed by atoms with E-state index in [1.54, 1.807) is 0 Å². The number of rotatable bonds is 1. The molecule has 1 spiro atoms. The minimum atomic E-state index is -2.13. The normalized spacial score (nSPS) is 34.8. The van der Waals surface area contributed by atoms with Gasteiger partial charge in [-0.3, -0.25) is 4.79 Å². The average Bonchev–Trinajstić information content (AvgIpc) is 2.98. The molecule has 1 amide bonds. The van der Waals surface area contributed by atoms with Crippen LogP contribution in [0.1, 0.15) is 0 Å². The quantitative estimate of drug-likeness (QED) is 0.380. The summed E-state index contributed by atoms with van der Waals surface area (Å²) in [7, 11) is 0. The molecule has 22 heavy (non-hydrogen) atoms. The third kappa shape index (κ3) is 2.32. The maximum absolute atomic E-state index is 11.9. The molecule has 3 atom stereocenters. The van der Waals surface area contributed by atoms with Crippen LogP contribution in [0.2, 0.25) is 0 Å². The van der Waals surface area contributed by atoms with E-state index in [0.29, 0.717) is 12.4 Å². The topological polar surface area (TPSA) is 89.0 Å². The molecule has 0 bridgehead atoms. The van der Waals surface area contributed by atoms with Crippen LogP contribution >= 0.6 is 34.8 Å². The summed E-state index contributed by atoms with van der Waals surface area (Å²) in [6, 6.07) is -0.585. The highest BCUT2D eigenvalue weighted by atomic mass is 35.6. The Morgan fingerprint density at radius 2 is 2.27 bits per heavy atom. The molecule has 10 heteroatoms. The molecule has 3 aliphatic heterocycles. The lowest BCUT2D eigenvalue weighted by Crippen LogP contribution is -2.74. The molecule has 3 rings (SSSR count). The van der Waals surface area contributed by atoms with Gasteiger partial charge >= 0.3 is 5.91 Å². The molecule has 0 aromatic carbocycles. The average molecular weight is 367 g/mol. The molecule has 4 N–H and O–H groups in total. The van der Waals surface area contributed by atoms with Crippen molar-refractivity contribution in [3.05, 3.63) is 24.6 Å². The third-order valence-corrected chi connectivity index (χ3v) is 4.37. The second-order valence-electron chi connectivity index (χ2n) is 5.24. The zero-order valence-corrected chi connectivity index (χ0v) is 13.6. The number of aliphatic imine (C=N–C) groups is 1. The fourth-order valence-electron chi connectivity index (χ4n) is 3.01. The first-order chi connectivity index (χ1) is 10.3. The minimum absolute atomic E-state index is 0.170. The van der Waals surface area contributed by atoms with Gasteiger partial charge in [-0.15, -0.1) is 0 Å². The van der Waals surface area contributed by atoms with E-state index in [1.807, 2.05) is 17.1 Å². The van der Waals surface area contributed by atoms with Gasteiger partial charge in [-0.2, -0.15) is 4.99 Å². The third-order valence-electron chi connectivity index (χ3n) is 3.88. The lowest BCUT2D eigenvalue weighted by molar-refractivity contribution is -0.117. The van der Waals surface area contributed by atoms with Gasteiger partial charge < -0.3 is 26.0 Å². The van der Waals surface area contributed by atoms with E-state index >= 15 is 0 Å². The summed E-state index contributed by atoms with van der Waals surface area (Å²) in [5, 5.41) is 19.1. The van der Waals surface area contributed by atoms with Crippen molar-refractivity contribution in [1.82, 2.24) is 20.9 Å². The number of halogens is 3. The van der Waals surface area contributed by atoms with Crippen LogP contribution in [0.4, 0.5) is 0 Å². The highest BCUT2D eigenvalue weighted by Gasteiger charge is 2.56. The molecule has 2 fully saturated rings. The summed E-state index contributed by atoms with van der Waals surface area (Å²) in [6.45, 7) is 4.21. The standard InChI is InChI=1S/C12H14Cl3N5O2/c1-6-16-8-7(5-21)17-10(18-9(22)12(13,14)15)20-4-2-3-11(8,20)19-6/h2-3,7-8,16,19,21H,1,4-5H2,(H,17,18,22)/t7-,8-,11+/m0/s1. The van der Waals surface area contributed by atoms with E-state index in [-0.39, 0.29) is 18.6 Å². The molecule has 0 aromatic rings. The van der Waals surface area contributed by atoms with Gasteiger partial charge in [0.25, 0.3) is 3.79 Å². The number of carbonyl (C=O) groups excluding carboxylic acids is 1. The molecular weight excluding hydrogens is 353 g/mol. The number of aliphatic hydroxyl groups excluding tert-OH is 1. The minimum Gasteiger partial charge on any atom is -0.394 e. The Bertz CT molecular complexity index is 588. The van der Waals surface area contributed by atoms with Crippen molar-refractivity contribution < 1.29 is 9.90 Å². The van der Waals surface area contributed by atoms with Gasteiger partial charge in [-0.05, 0) is 6.08 Å². The summed E-state index contributed by atoms with van der Waals surface area (Å²) in [6.07, 6.45) is 3.87. The second kappa shape index (κ2) is 5.19. The van der Waals surface area contributed by atoms with Gasteiger partial charge in [0.1, 0.15) is 0 Å². The lowest BCUT2D eigenvalue weighted by Gasteiger charge is -2.48. The van der Waals surface area contributed by atoms with E-state index in [1.165, 1.54) is 0 Å². The molecule has 2 saturated heterocycles. The van der Waals surface area contributed by atoms with Gasteiger partial charge in [-0.25, -0.2) is 0 Å². The van der Waals surface area contributed by atoms with Crippen molar-refractivity contribution in [2.45, 2.75) is 21.5 Å². The Morgan fingerprint density at radius 1 is 1.55 bits per heavy atom. The summed E-state index contributed by atoms with van der Waals surface area (Å²) in [5.41, 5.74) is -0.664. The predicted molar refractivity (Wildman–Crippen MR) is 84.5 cm³/mol. The Labute approximate surface area is 142 Å². The van der Waals surface area contributed by atoms with Crippen LogP contribution in [0.5, 0.6) is 0 Å². The maximum atomic E-state index is 11.9. The van der Waals surface area contributed by atoms with Crippen LogP contribution in [-0.2, 0) is 4.79 Å². The number of alkyl halides is 3. The van der Waals surface area contributed by atoms with Crippen LogP contribution in [0.3, 0.4) is 0 Å². The van der Waals surface area contributed by atoms with Crippen molar-refractivity contribution >= 4 is 46.7 Å². The number of nitrogens with one attached hydrogen (secondary N) is 3. The van der Waals surface area contributed by atoms with Crippen LogP contribution in [0.25, 0.3) is 0 Å². The molecule has 3 heterocycles. The molecule has 120 valence electrons. The molecular formula is C12H14Cl3N5O2. The molecule has 0 radical (unpaired) electrons. The van der Waals surface area contributed by atoms with Crippen molar-refractivity contribution in [2.75, 3.05) is 13.2 Å². The molecule has 7 nitrogen and oxygen atoms in total. The maximum Gasteiger partial charge on any atom is 0.300 e. The molecule has 3 aliphatic rings. The van der Waals surface area contributed by atoms with E-state index < -0.39 is 21.4 Å². The van der Waals surface area contributed by atoms with Crippen molar-refractivity contribution in [2.24, 2.45) is 4.99 Å². The first kappa shape index (κ1) is 15.7. The monoisotopic (exact) mass is 365 g/mol. The summed E-state index contributed by atoms with van der Waals surface area (Å²) in [4.78, 5) is 17.6. The first-order valence-corrected chi connectivity index (χ1v) is 7.67. The molecule has 0 aromatic heterocycles. The van der Waals surface area contributed by atoms with Gasteiger partial charge in [-0.1, -0.05) is 47.5 Å². The number of carbonyl (C=O) groups is 1. The molecule has 0 saturated carbocycles. The summed E-state index contributed by atoms with van der Waals surface area (Å²) >= 11 is 16.7. The number of guanidine groups is 1. The summed E-state index contributed by atoms with van der Waals surface area (Å²) < 4.78 is -2.13. The van der Waals surface area contributed by atoms with Crippen molar-refractivity contribution in [3.63, 3.8) is 0 Å². The van der Waals surface area contributed by atoms with Crippen molar-refractivity contribution in [3.8, 4) is 0 Å². The van der Waals surface area contributed by atoms with E-state index in [0.717, 1.165) is 0 Å². The zero-order chi connectivity index (χ0) is 16.1. The number of hydrogen-bond donors (Lipinski definition) is 4. The van der Waals surface area contributed by atoms with Crippen molar-refractivity contribution in [1.29, 1.82) is 0 Å². The SMILES string of the molecule is C=C1N[C@H]2[C@H](CO)N/C(=N\C(=O)C(Cl)(Cl)Cl)N3CC=C[C@]23N1. The largest absolute Gasteiger partial charge is 0.394 e. The van der Waals surface area contributed by atoms with E-state index in [9.17, 15) is 9.90 Å². The van der Waals surface area contributed by atoms with E-state index in [2.05, 4.69) is 27.5 Å². The number of amides is 1.